The highest BCUT2D eigenvalue weighted by molar-refractivity contribution is 5.83. The van der Waals surface area contributed by atoms with E-state index in [-0.39, 0.29) is 11.8 Å². The molecule has 3 aliphatic carbocycles. The molecule has 0 aromatic carbocycles. The number of nitrogens with zero attached hydrogens (tertiary/aromatic N) is 1. The molecule has 1 amide bonds. The van der Waals surface area contributed by atoms with Crippen LogP contribution >= 0.6 is 0 Å². The molecule has 0 spiro atoms. The molecule has 4 fully saturated rings. The summed E-state index contributed by atoms with van der Waals surface area (Å²) >= 11 is 0. The highest BCUT2D eigenvalue weighted by atomic mass is 16.4. The standard InChI is InChI=1S/C16H23NO3/c1-8-7-17(5-4-11(8)16(19)20)15(18)14-12-9-2-3-10(6-9)13(12)14/h8-14H,2-7H2,1H3,(H,19,20). The van der Waals surface area contributed by atoms with E-state index in [2.05, 4.69) is 0 Å². The molecule has 3 saturated carbocycles. The fourth-order valence-electron chi connectivity index (χ4n) is 5.58. The maximum Gasteiger partial charge on any atom is 0.306 e. The van der Waals surface area contributed by atoms with Crippen molar-refractivity contribution < 1.29 is 14.7 Å². The molecule has 6 unspecified atom stereocenters. The van der Waals surface area contributed by atoms with Gasteiger partial charge in [-0.25, -0.2) is 0 Å². The highest BCUT2D eigenvalue weighted by Crippen LogP contribution is 2.69. The second-order valence-corrected chi connectivity index (χ2v) is 7.51. The van der Waals surface area contributed by atoms with Crippen LogP contribution in [0.4, 0.5) is 0 Å². The minimum Gasteiger partial charge on any atom is -0.481 e. The number of hydrogen-bond donors (Lipinski definition) is 1. The Morgan fingerprint density at radius 3 is 2.30 bits per heavy atom. The highest BCUT2D eigenvalue weighted by Gasteiger charge is 2.68. The van der Waals surface area contributed by atoms with E-state index in [0.29, 0.717) is 43.2 Å². The fourth-order valence-corrected chi connectivity index (χ4v) is 5.58. The summed E-state index contributed by atoms with van der Waals surface area (Å²) in [4.78, 5) is 25.8. The van der Waals surface area contributed by atoms with Crippen molar-refractivity contribution in [2.45, 2.75) is 32.6 Å². The van der Waals surface area contributed by atoms with Crippen molar-refractivity contribution in [3.63, 3.8) is 0 Å². The molecule has 110 valence electrons. The van der Waals surface area contributed by atoms with Gasteiger partial charge in [0.05, 0.1) is 5.92 Å². The summed E-state index contributed by atoms with van der Waals surface area (Å²) in [6.07, 6.45) is 4.67. The lowest BCUT2D eigenvalue weighted by molar-refractivity contribution is -0.149. The molecule has 2 bridgehead atoms. The van der Waals surface area contributed by atoms with E-state index in [1.165, 1.54) is 19.3 Å². The quantitative estimate of drug-likeness (QED) is 0.838. The summed E-state index contributed by atoms with van der Waals surface area (Å²) in [5.74, 6) is 2.78. The molecule has 0 aromatic rings. The third kappa shape index (κ3) is 1.66. The number of carboxylic acid groups (broad SMARTS) is 1. The van der Waals surface area contributed by atoms with Crippen LogP contribution in [0, 0.1) is 41.4 Å². The van der Waals surface area contributed by atoms with Crippen LogP contribution in [0.1, 0.15) is 32.6 Å². The molecular weight excluding hydrogens is 254 g/mol. The number of rotatable bonds is 2. The van der Waals surface area contributed by atoms with Gasteiger partial charge in [0.2, 0.25) is 5.91 Å². The number of carbonyl (C=O) groups is 2. The number of carboxylic acids is 1. The third-order valence-corrected chi connectivity index (χ3v) is 6.55. The van der Waals surface area contributed by atoms with Crippen molar-refractivity contribution in [2.24, 2.45) is 41.4 Å². The van der Waals surface area contributed by atoms with Crippen LogP contribution in [0.25, 0.3) is 0 Å². The molecule has 4 rings (SSSR count). The Bertz CT molecular complexity index is 447. The summed E-state index contributed by atoms with van der Waals surface area (Å²) in [6.45, 7) is 3.25. The first-order valence-corrected chi connectivity index (χ1v) is 8.09. The van der Waals surface area contributed by atoms with Crippen LogP contribution in [0.2, 0.25) is 0 Å². The van der Waals surface area contributed by atoms with Gasteiger partial charge >= 0.3 is 5.97 Å². The van der Waals surface area contributed by atoms with Crippen molar-refractivity contribution in [1.29, 1.82) is 0 Å². The molecule has 0 aromatic heterocycles. The molecule has 4 aliphatic rings. The monoisotopic (exact) mass is 277 g/mol. The van der Waals surface area contributed by atoms with Gasteiger partial charge in [-0.05, 0) is 55.3 Å². The zero-order valence-corrected chi connectivity index (χ0v) is 12.0. The summed E-state index contributed by atoms with van der Waals surface area (Å²) in [5.41, 5.74) is 0. The van der Waals surface area contributed by atoms with Crippen LogP contribution in [0.3, 0.4) is 0 Å². The number of likely N-dealkylation sites (tertiary alicyclic amines) is 1. The number of piperidine rings is 1. The van der Waals surface area contributed by atoms with Crippen LogP contribution in [0.15, 0.2) is 0 Å². The minimum absolute atomic E-state index is 0.0838. The molecule has 4 heteroatoms. The SMILES string of the molecule is CC1CN(C(=O)C2C3C4CCC(C4)C23)CCC1C(=O)O. The van der Waals surface area contributed by atoms with E-state index in [9.17, 15) is 9.59 Å². The third-order valence-electron chi connectivity index (χ3n) is 6.55. The number of aliphatic carboxylic acids is 1. The van der Waals surface area contributed by atoms with Crippen molar-refractivity contribution in [2.75, 3.05) is 13.1 Å². The Labute approximate surface area is 119 Å². The van der Waals surface area contributed by atoms with Gasteiger partial charge in [-0.15, -0.1) is 0 Å². The van der Waals surface area contributed by atoms with Crippen molar-refractivity contribution >= 4 is 11.9 Å². The summed E-state index contributed by atoms with van der Waals surface area (Å²) in [5, 5.41) is 9.16. The zero-order valence-electron chi connectivity index (χ0n) is 12.0. The Morgan fingerprint density at radius 2 is 1.75 bits per heavy atom. The van der Waals surface area contributed by atoms with E-state index in [4.69, 9.17) is 5.11 Å². The first kappa shape index (κ1) is 12.7. The number of carbonyl (C=O) groups excluding carboxylic acids is 1. The van der Waals surface area contributed by atoms with Gasteiger partial charge in [-0.2, -0.15) is 0 Å². The van der Waals surface area contributed by atoms with Gasteiger partial charge < -0.3 is 10.0 Å². The predicted molar refractivity (Wildman–Crippen MR) is 72.8 cm³/mol. The number of hydrogen-bond acceptors (Lipinski definition) is 2. The summed E-state index contributed by atoms with van der Waals surface area (Å²) in [7, 11) is 0. The average Bonchev–Trinajstić information content (AvgIpc) is 2.84. The average molecular weight is 277 g/mol. The molecule has 1 heterocycles. The van der Waals surface area contributed by atoms with Crippen molar-refractivity contribution in [3.8, 4) is 0 Å². The van der Waals surface area contributed by atoms with Gasteiger partial charge in [-0.1, -0.05) is 6.92 Å². The van der Waals surface area contributed by atoms with Gasteiger partial charge in [0.1, 0.15) is 0 Å². The lowest BCUT2D eigenvalue weighted by Gasteiger charge is -2.35. The van der Waals surface area contributed by atoms with Gasteiger partial charge in [-0.3, -0.25) is 9.59 Å². The smallest absolute Gasteiger partial charge is 0.306 e. The zero-order chi connectivity index (χ0) is 14.0. The fraction of sp³-hybridized carbons (Fsp3) is 0.875. The first-order chi connectivity index (χ1) is 9.58. The normalized spacial score (nSPS) is 49.0. The van der Waals surface area contributed by atoms with Crippen LogP contribution in [-0.2, 0) is 9.59 Å². The van der Waals surface area contributed by atoms with Crippen molar-refractivity contribution in [1.82, 2.24) is 4.90 Å². The Hall–Kier alpha value is -1.06. The Kier molecular flexibility index (Phi) is 2.67. The maximum atomic E-state index is 12.7. The molecule has 1 N–H and O–H groups in total. The molecule has 20 heavy (non-hydrogen) atoms. The Morgan fingerprint density at radius 1 is 1.10 bits per heavy atom. The second kappa shape index (κ2) is 4.22. The summed E-state index contributed by atoms with van der Waals surface area (Å²) < 4.78 is 0. The van der Waals surface area contributed by atoms with E-state index >= 15 is 0 Å². The van der Waals surface area contributed by atoms with Gasteiger partial charge in [0.25, 0.3) is 0 Å². The van der Waals surface area contributed by atoms with E-state index in [1.807, 2.05) is 11.8 Å². The van der Waals surface area contributed by atoms with E-state index in [0.717, 1.165) is 11.8 Å². The van der Waals surface area contributed by atoms with Gasteiger partial charge in [0.15, 0.2) is 0 Å². The second-order valence-electron chi connectivity index (χ2n) is 7.51. The van der Waals surface area contributed by atoms with E-state index in [1.54, 1.807) is 0 Å². The molecule has 1 aliphatic heterocycles. The topological polar surface area (TPSA) is 57.6 Å². The van der Waals surface area contributed by atoms with Crippen molar-refractivity contribution in [3.05, 3.63) is 0 Å². The minimum atomic E-state index is -0.703. The molecule has 1 saturated heterocycles. The van der Waals surface area contributed by atoms with E-state index < -0.39 is 5.97 Å². The predicted octanol–water partition coefficient (Wildman–Crippen LogP) is 1.85. The Balaban J connectivity index is 1.40. The van der Waals surface area contributed by atoms with Gasteiger partial charge in [0, 0.05) is 19.0 Å². The molecule has 0 radical (unpaired) electrons. The molecule has 4 nitrogen and oxygen atoms in total. The summed E-state index contributed by atoms with van der Waals surface area (Å²) in [6, 6.07) is 0. The lowest BCUT2D eigenvalue weighted by Crippen LogP contribution is -2.46. The largest absolute Gasteiger partial charge is 0.481 e. The molecule has 6 atom stereocenters. The first-order valence-electron chi connectivity index (χ1n) is 8.09. The van der Waals surface area contributed by atoms with Crippen LogP contribution in [-0.4, -0.2) is 35.0 Å². The lowest BCUT2D eigenvalue weighted by atomic mass is 9.86. The molecular formula is C16H23NO3. The van der Waals surface area contributed by atoms with Crippen LogP contribution < -0.4 is 0 Å². The maximum absolute atomic E-state index is 12.7. The number of amides is 1. The van der Waals surface area contributed by atoms with Crippen LogP contribution in [0.5, 0.6) is 0 Å². The number of fused-ring (bicyclic) bond motifs is 5.